The van der Waals surface area contributed by atoms with Crippen molar-refractivity contribution in [3.05, 3.63) is 29.6 Å². The maximum absolute atomic E-state index is 6.04. The maximum atomic E-state index is 6.04. The fourth-order valence-electron chi connectivity index (χ4n) is 3.24. The first-order valence-corrected chi connectivity index (χ1v) is 7.46. The molecule has 3 heteroatoms. The normalized spacial score (nSPS) is 25.5. The Bertz CT molecular complexity index is 397. The van der Waals surface area contributed by atoms with E-state index in [0.29, 0.717) is 18.6 Å². The van der Waals surface area contributed by atoms with Gasteiger partial charge in [0.05, 0.1) is 0 Å². The molecule has 1 aromatic heterocycles. The van der Waals surface area contributed by atoms with Crippen LogP contribution in [0.5, 0.6) is 0 Å². The van der Waals surface area contributed by atoms with Gasteiger partial charge in [0.1, 0.15) is 0 Å². The van der Waals surface area contributed by atoms with Gasteiger partial charge in [-0.3, -0.25) is 9.88 Å². The molecule has 19 heavy (non-hydrogen) atoms. The first kappa shape index (κ1) is 14.5. The predicted molar refractivity (Wildman–Crippen MR) is 80.0 cm³/mol. The third-order valence-electron chi connectivity index (χ3n) is 4.71. The zero-order valence-electron chi connectivity index (χ0n) is 12.5. The second kappa shape index (κ2) is 6.49. The molecule has 1 aromatic rings. The van der Waals surface area contributed by atoms with Crippen LogP contribution in [0.3, 0.4) is 0 Å². The van der Waals surface area contributed by atoms with Gasteiger partial charge in [0, 0.05) is 31.0 Å². The van der Waals surface area contributed by atoms with E-state index in [0.717, 1.165) is 5.92 Å². The molecule has 106 valence electrons. The Labute approximate surface area is 117 Å². The van der Waals surface area contributed by atoms with Crippen molar-refractivity contribution in [2.75, 3.05) is 13.6 Å². The van der Waals surface area contributed by atoms with Gasteiger partial charge in [-0.15, -0.1) is 0 Å². The van der Waals surface area contributed by atoms with Gasteiger partial charge in [-0.1, -0.05) is 6.92 Å². The molecule has 2 N–H and O–H groups in total. The van der Waals surface area contributed by atoms with Crippen LogP contribution in [0.15, 0.2) is 18.5 Å². The highest BCUT2D eigenvalue weighted by molar-refractivity contribution is 5.25. The predicted octanol–water partition coefficient (Wildman–Crippen LogP) is 2.90. The fourth-order valence-corrected chi connectivity index (χ4v) is 3.24. The number of aromatic nitrogens is 1. The van der Waals surface area contributed by atoms with Crippen LogP contribution in [-0.4, -0.2) is 29.5 Å². The van der Waals surface area contributed by atoms with Crippen molar-refractivity contribution < 1.29 is 0 Å². The molecule has 1 saturated carbocycles. The largest absolute Gasteiger partial charge is 0.329 e. The average molecular weight is 261 g/mol. The number of nitrogens with zero attached hydrogens (tertiary/aromatic N) is 2. The lowest BCUT2D eigenvalue weighted by Gasteiger charge is -2.38. The minimum Gasteiger partial charge on any atom is -0.329 e. The first-order chi connectivity index (χ1) is 9.13. The number of hydrogen-bond donors (Lipinski definition) is 1. The summed E-state index contributed by atoms with van der Waals surface area (Å²) in [4.78, 5) is 6.75. The van der Waals surface area contributed by atoms with E-state index in [4.69, 9.17) is 5.73 Å². The highest BCUT2D eigenvalue weighted by Gasteiger charge is 2.27. The summed E-state index contributed by atoms with van der Waals surface area (Å²) in [6.45, 7) is 5.17. The minimum absolute atomic E-state index is 0.298. The summed E-state index contributed by atoms with van der Waals surface area (Å²) in [5.74, 6) is 0.890. The number of rotatable bonds is 4. The summed E-state index contributed by atoms with van der Waals surface area (Å²) in [6, 6.07) is 3.05. The van der Waals surface area contributed by atoms with Gasteiger partial charge in [0.15, 0.2) is 0 Å². The summed E-state index contributed by atoms with van der Waals surface area (Å²) in [7, 11) is 2.23. The number of likely N-dealkylation sites (N-methyl/N-ethyl adjacent to an activating group) is 1. The van der Waals surface area contributed by atoms with Crippen LogP contribution < -0.4 is 5.73 Å². The highest BCUT2D eigenvalue weighted by Crippen LogP contribution is 2.31. The molecule has 0 radical (unpaired) electrons. The van der Waals surface area contributed by atoms with Crippen molar-refractivity contribution in [2.24, 2.45) is 11.7 Å². The lowest BCUT2D eigenvalue weighted by atomic mass is 9.85. The van der Waals surface area contributed by atoms with Crippen LogP contribution in [0.1, 0.15) is 49.8 Å². The molecule has 1 aliphatic rings. The Balaban J connectivity index is 2.11. The van der Waals surface area contributed by atoms with Crippen LogP contribution in [0, 0.1) is 12.8 Å². The van der Waals surface area contributed by atoms with Crippen LogP contribution in [0.25, 0.3) is 0 Å². The zero-order chi connectivity index (χ0) is 13.8. The Morgan fingerprint density at radius 3 is 2.63 bits per heavy atom. The van der Waals surface area contributed by atoms with E-state index < -0.39 is 0 Å². The number of pyridine rings is 1. The van der Waals surface area contributed by atoms with Crippen molar-refractivity contribution >= 4 is 0 Å². The zero-order valence-corrected chi connectivity index (χ0v) is 12.5. The van der Waals surface area contributed by atoms with Gasteiger partial charge in [0.25, 0.3) is 0 Å². The molecule has 1 atom stereocenters. The monoisotopic (exact) mass is 261 g/mol. The maximum Gasteiger partial charge on any atom is 0.0488 e. The molecular weight excluding hydrogens is 234 g/mol. The van der Waals surface area contributed by atoms with Gasteiger partial charge in [-0.05, 0) is 62.8 Å². The minimum atomic E-state index is 0.298. The van der Waals surface area contributed by atoms with Gasteiger partial charge in [0.2, 0.25) is 0 Å². The molecule has 1 unspecified atom stereocenters. The van der Waals surface area contributed by atoms with Crippen molar-refractivity contribution in [3.63, 3.8) is 0 Å². The molecule has 0 aliphatic heterocycles. The Morgan fingerprint density at radius 2 is 2.05 bits per heavy atom. The third-order valence-corrected chi connectivity index (χ3v) is 4.71. The van der Waals surface area contributed by atoms with Crippen LogP contribution in [0.2, 0.25) is 0 Å². The fraction of sp³-hybridized carbons (Fsp3) is 0.688. The van der Waals surface area contributed by atoms with E-state index in [2.05, 4.69) is 36.8 Å². The van der Waals surface area contributed by atoms with E-state index in [1.165, 1.54) is 36.8 Å². The number of nitrogens with two attached hydrogens (primary N) is 1. The summed E-state index contributed by atoms with van der Waals surface area (Å²) in [5, 5.41) is 0. The quantitative estimate of drug-likeness (QED) is 0.906. The van der Waals surface area contributed by atoms with Crippen LogP contribution in [0.4, 0.5) is 0 Å². The molecule has 3 nitrogen and oxygen atoms in total. The Morgan fingerprint density at radius 1 is 1.37 bits per heavy atom. The van der Waals surface area contributed by atoms with Crippen LogP contribution >= 0.6 is 0 Å². The summed E-state index contributed by atoms with van der Waals surface area (Å²) >= 11 is 0. The SMILES string of the molecule is Cc1ccncc1C(CN)N(C)C1CCC(C)CC1. The molecular formula is C16H27N3. The number of hydrogen-bond acceptors (Lipinski definition) is 3. The number of aryl methyl sites for hydroxylation is 1. The Kier molecular flexibility index (Phi) is 4.94. The standard InChI is InChI=1S/C16H27N3/c1-12-4-6-14(7-5-12)19(3)16(10-17)15-11-18-9-8-13(15)2/h8-9,11-12,14,16H,4-7,10,17H2,1-3H3. The molecule has 1 fully saturated rings. The van der Waals surface area contributed by atoms with E-state index in [1.54, 1.807) is 0 Å². The first-order valence-electron chi connectivity index (χ1n) is 7.46. The highest BCUT2D eigenvalue weighted by atomic mass is 15.2. The second-order valence-electron chi connectivity index (χ2n) is 6.06. The van der Waals surface area contributed by atoms with E-state index in [1.807, 2.05) is 12.4 Å². The molecule has 0 bridgehead atoms. The van der Waals surface area contributed by atoms with Crippen molar-refractivity contribution in [3.8, 4) is 0 Å². The van der Waals surface area contributed by atoms with Gasteiger partial charge in [-0.25, -0.2) is 0 Å². The Hall–Kier alpha value is -0.930. The van der Waals surface area contributed by atoms with Crippen LogP contribution in [-0.2, 0) is 0 Å². The van der Waals surface area contributed by atoms with Gasteiger partial charge < -0.3 is 5.73 Å². The topological polar surface area (TPSA) is 42.1 Å². The molecule has 0 aromatic carbocycles. The summed E-state index contributed by atoms with van der Waals surface area (Å²) in [5.41, 5.74) is 8.62. The lowest BCUT2D eigenvalue weighted by molar-refractivity contribution is 0.126. The lowest BCUT2D eigenvalue weighted by Crippen LogP contribution is -2.40. The molecule has 0 amide bonds. The van der Waals surface area contributed by atoms with Crippen molar-refractivity contribution in [1.29, 1.82) is 0 Å². The molecule has 0 saturated heterocycles. The molecule has 1 aliphatic carbocycles. The third kappa shape index (κ3) is 3.34. The second-order valence-corrected chi connectivity index (χ2v) is 6.06. The van der Waals surface area contributed by atoms with E-state index in [9.17, 15) is 0 Å². The summed E-state index contributed by atoms with van der Waals surface area (Å²) < 4.78 is 0. The molecule has 0 spiro atoms. The van der Waals surface area contributed by atoms with E-state index in [-0.39, 0.29) is 0 Å². The molecule has 2 rings (SSSR count). The van der Waals surface area contributed by atoms with E-state index >= 15 is 0 Å². The van der Waals surface area contributed by atoms with Crippen molar-refractivity contribution in [2.45, 2.75) is 51.6 Å². The van der Waals surface area contributed by atoms with Crippen molar-refractivity contribution in [1.82, 2.24) is 9.88 Å². The van der Waals surface area contributed by atoms with Gasteiger partial charge >= 0.3 is 0 Å². The average Bonchev–Trinajstić information content (AvgIpc) is 2.42. The smallest absolute Gasteiger partial charge is 0.0488 e. The van der Waals surface area contributed by atoms with Gasteiger partial charge in [-0.2, -0.15) is 0 Å². The summed E-state index contributed by atoms with van der Waals surface area (Å²) in [6.07, 6.45) is 9.13. The molecule has 1 heterocycles.